The Balaban J connectivity index is 1.87. The summed E-state index contributed by atoms with van der Waals surface area (Å²) in [7, 11) is -1.58. The van der Waals surface area contributed by atoms with Gasteiger partial charge in [-0.3, -0.25) is 4.90 Å². The molecule has 0 saturated heterocycles. The molecule has 0 radical (unpaired) electrons. The van der Waals surface area contributed by atoms with E-state index in [4.69, 9.17) is 5.14 Å². The molecule has 4 N–H and O–H groups in total. The van der Waals surface area contributed by atoms with Gasteiger partial charge in [0.25, 0.3) is 0 Å². The van der Waals surface area contributed by atoms with Crippen LogP contribution in [0, 0.1) is 0 Å². The van der Waals surface area contributed by atoms with Crippen molar-refractivity contribution in [2.75, 3.05) is 20.1 Å². The van der Waals surface area contributed by atoms with Gasteiger partial charge in [0, 0.05) is 25.7 Å². The molecule has 0 aliphatic carbocycles. The summed E-state index contributed by atoms with van der Waals surface area (Å²) >= 11 is 0. The van der Waals surface area contributed by atoms with Crippen molar-refractivity contribution >= 4 is 16.0 Å². The van der Waals surface area contributed by atoms with Crippen LogP contribution in [0.1, 0.15) is 31.4 Å². The highest BCUT2D eigenvalue weighted by molar-refractivity contribution is 7.89. The Morgan fingerprint density at radius 2 is 1.80 bits per heavy atom. The molecule has 0 spiro atoms. The van der Waals surface area contributed by atoms with Gasteiger partial charge < -0.3 is 10.6 Å². The van der Waals surface area contributed by atoms with E-state index in [1.807, 2.05) is 19.1 Å². The summed E-state index contributed by atoms with van der Waals surface area (Å²) in [5.41, 5.74) is 2.09. The molecule has 0 aliphatic heterocycles. The molecule has 7 nitrogen and oxygen atoms in total. The van der Waals surface area contributed by atoms with Gasteiger partial charge in [-0.15, -0.1) is 0 Å². The molecule has 1 unspecified atom stereocenters. The molecule has 0 amide bonds. The third kappa shape index (κ3) is 8.14. The molecule has 0 fully saturated rings. The number of sulfonamides is 1. The lowest BCUT2D eigenvalue weighted by atomic mass is 10.1. The Morgan fingerprint density at radius 3 is 2.47 bits per heavy atom. The average molecular weight is 432 g/mol. The number of nitrogens with zero attached hydrogens (tertiary/aromatic N) is 2. The molecule has 30 heavy (non-hydrogen) atoms. The molecule has 0 saturated carbocycles. The van der Waals surface area contributed by atoms with E-state index in [9.17, 15) is 8.42 Å². The number of primary sulfonamides is 1. The van der Waals surface area contributed by atoms with Gasteiger partial charge >= 0.3 is 0 Å². The Bertz CT molecular complexity index is 916. The van der Waals surface area contributed by atoms with Crippen LogP contribution in [0.15, 0.2) is 64.5 Å². The second-order valence-corrected chi connectivity index (χ2v) is 8.91. The predicted molar refractivity (Wildman–Crippen MR) is 123 cm³/mol. The maximum Gasteiger partial charge on any atom is 0.238 e. The lowest BCUT2D eigenvalue weighted by Gasteiger charge is -2.25. The average Bonchev–Trinajstić information content (AvgIpc) is 2.72. The number of hydrogen-bond acceptors (Lipinski definition) is 4. The van der Waals surface area contributed by atoms with Gasteiger partial charge in [0.15, 0.2) is 5.96 Å². The third-order valence-electron chi connectivity index (χ3n) is 4.87. The van der Waals surface area contributed by atoms with Gasteiger partial charge in [-0.05, 0) is 50.6 Å². The van der Waals surface area contributed by atoms with Gasteiger partial charge in [-0.1, -0.05) is 42.5 Å². The molecule has 1 atom stereocenters. The maximum atomic E-state index is 11.5. The van der Waals surface area contributed by atoms with Crippen LogP contribution in [-0.4, -0.2) is 45.5 Å². The Kier molecular flexibility index (Phi) is 9.29. The fourth-order valence-corrected chi connectivity index (χ4v) is 3.56. The van der Waals surface area contributed by atoms with E-state index in [1.165, 1.54) is 11.6 Å². The van der Waals surface area contributed by atoms with Crippen molar-refractivity contribution in [1.82, 2.24) is 15.5 Å². The van der Waals surface area contributed by atoms with Crippen molar-refractivity contribution in [3.63, 3.8) is 0 Å². The first kappa shape index (κ1) is 23.9. The van der Waals surface area contributed by atoms with Crippen LogP contribution in [0.4, 0.5) is 0 Å². The Hall–Kier alpha value is -2.42. The summed E-state index contributed by atoms with van der Waals surface area (Å²) in [4.78, 5) is 7.00. The first-order chi connectivity index (χ1) is 14.3. The summed E-state index contributed by atoms with van der Waals surface area (Å²) in [5, 5.41) is 11.8. The van der Waals surface area contributed by atoms with Crippen LogP contribution in [0.5, 0.6) is 0 Å². The third-order valence-corrected chi connectivity index (χ3v) is 5.78. The first-order valence-electron chi connectivity index (χ1n) is 10.2. The molecule has 0 aromatic heterocycles. The lowest BCUT2D eigenvalue weighted by Crippen LogP contribution is -2.40. The molecule has 8 heteroatoms. The SMILES string of the molecule is CCNC(=NCc1cccc(S(N)(=O)=O)c1)NCCC(C)N(C)Cc1ccccc1. The smallest absolute Gasteiger partial charge is 0.238 e. The first-order valence-corrected chi connectivity index (χ1v) is 11.7. The summed E-state index contributed by atoms with van der Waals surface area (Å²) in [5.74, 6) is 0.705. The van der Waals surface area contributed by atoms with Crippen LogP contribution in [0.25, 0.3) is 0 Å². The van der Waals surface area contributed by atoms with Gasteiger partial charge in [0.2, 0.25) is 10.0 Å². The number of hydrogen-bond donors (Lipinski definition) is 3. The highest BCUT2D eigenvalue weighted by Gasteiger charge is 2.10. The number of rotatable bonds is 10. The molecule has 0 aliphatic rings. The topological polar surface area (TPSA) is 99.8 Å². The minimum Gasteiger partial charge on any atom is -0.357 e. The zero-order valence-electron chi connectivity index (χ0n) is 18.0. The van der Waals surface area contributed by atoms with Gasteiger partial charge in [0.1, 0.15) is 0 Å². The Morgan fingerprint density at radius 1 is 1.10 bits per heavy atom. The normalized spacial score (nSPS) is 13.3. The molecule has 2 aromatic rings. The van der Waals surface area contributed by atoms with Crippen LogP contribution < -0.4 is 15.8 Å². The van der Waals surface area contributed by atoms with Gasteiger partial charge in [-0.2, -0.15) is 0 Å². The molecule has 2 aromatic carbocycles. The van der Waals surface area contributed by atoms with Gasteiger partial charge in [0.05, 0.1) is 11.4 Å². The van der Waals surface area contributed by atoms with Crippen LogP contribution >= 0.6 is 0 Å². The summed E-state index contributed by atoms with van der Waals surface area (Å²) in [6.07, 6.45) is 0.967. The molecule has 0 heterocycles. The highest BCUT2D eigenvalue weighted by Crippen LogP contribution is 2.11. The summed E-state index contributed by atoms with van der Waals surface area (Å²) < 4.78 is 23.0. The second-order valence-electron chi connectivity index (χ2n) is 7.35. The number of benzene rings is 2. The second kappa shape index (κ2) is 11.7. The van der Waals surface area contributed by atoms with E-state index in [2.05, 4.69) is 58.8 Å². The minimum absolute atomic E-state index is 0.100. The zero-order chi connectivity index (χ0) is 22.0. The van der Waals surface area contributed by atoms with E-state index < -0.39 is 10.0 Å². The molecular weight excluding hydrogens is 398 g/mol. The van der Waals surface area contributed by atoms with Crippen molar-refractivity contribution in [3.05, 3.63) is 65.7 Å². The van der Waals surface area contributed by atoms with Crippen molar-refractivity contribution in [2.24, 2.45) is 10.1 Å². The van der Waals surface area contributed by atoms with Crippen molar-refractivity contribution in [3.8, 4) is 0 Å². The van der Waals surface area contributed by atoms with Gasteiger partial charge in [-0.25, -0.2) is 18.5 Å². The lowest BCUT2D eigenvalue weighted by molar-refractivity contribution is 0.238. The molecule has 2 rings (SSSR count). The van der Waals surface area contributed by atoms with Crippen LogP contribution in [-0.2, 0) is 23.1 Å². The quantitative estimate of drug-likeness (QED) is 0.396. The maximum absolute atomic E-state index is 11.5. The fraction of sp³-hybridized carbons (Fsp3) is 0.409. The summed E-state index contributed by atoms with van der Waals surface area (Å²) in [6.45, 7) is 7.02. The van der Waals surface area contributed by atoms with Crippen molar-refractivity contribution in [1.29, 1.82) is 0 Å². The zero-order valence-corrected chi connectivity index (χ0v) is 18.8. The van der Waals surface area contributed by atoms with E-state index in [0.717, 1.165) is 31.6 Å². The number of nitrogens with two attached hydrogens (primary N) is 1. The number of nitrogens with one attached hydrogen (secondary N) is 2. The monoisotopic (exact) mass is 431 g/mol. The van der Waals surface area contributed by atoms with E-state index in [-0.39, 0.29) is 4.90 Å². The van der Waals surface area contributed by atoms with Crippen molar-refractivity contribution in [2.45, 2.75) is 44.3 Å². The predicted octanol–water partition coefficient (Wildman–Crippen LogP) is 2.30. The number of aliphatic imine (C=N–C) groups is 1. The highest BCUT2D eigenvalue weighted by atomic mass is 32.2. The van der Waals surface area contributed by atoms with E-state index in [1.54, 1.807) is 12.1 Å². The molecule has 0 bridgehead atoms. The number of guanidine groups is 1. The van der Waals surface area contributed by atoms with E-state index >= 15 is 0 Å². The Labute approximate surface area is 180 Å². The molecule has 164 valence electrons. The molecular formula is C22H33N5O2S. The minimum atomic E-state index is -3.71. The largest absolute Gasteiger partial charge is 0.357 e. The summed E-state index contributed by atoms with van der Waals surface area (Å²) in [6, 6.07) is 17.4. The van der Waals surface area contributed by atoms with Crippen molar-refractivity contribution < 1.29 is 8.42 Å². The van der Waals surface area contributed by atoms with Crippen LogP contribution in [0.2, 0.25) is 0 Å². The van der Waals surface area contributed by atoms with Crippen LogP contribution in [0.3, 0.4) is 0 Å². The fourth-order valence-electron chi connectivity index (χ4n) is 2.98. The standard InChI is InChI=1S/C22H33N5O2S/c1-4-24-22(26-16-20-11-8-12-21(15-20)30(23,28)29)25-14-13-18(2)27(3)17-19-9-6-5-7-10-19/h5-12,15,18H,4,13-14,16-17H2,1-3H3,(H2,23,28,29)(H2,24,25,26). The van der Waals surface area contributed by atoms with E-state index in [0.29, 0.717) is 18.5 Å².